The monoisotopic (exact) mass is 265 g/mol. The van der Waals surface area contributed by atoms with Gasteiger partial charge in [0.15, 0.2) is 0 Å². The van der Waals surface area contributed by atoms with Gasteiger partial charge in [-0.3, -0.25) is 4.79 Å². The lowest BCUT2D eigenvalue weighted by Gasteiger charge is -2.10. The Labute approximate surface area is 109 Å². The van der Waals surface area contributed by atoms with Crippen molar-refractivity contribution >= 4 is 28.5 Å². The second-order valence-corrected chi connectivity index (χ2v) is 4.17. The summed E-state index contributed by atoms with van der Waals surface area (Å²) < 4.78 is 6.25. The number of para-hydroxylation sites is 1. The van der Waals surface area contributed by atoms with Gasteiger partial charge in [0.2, 0.25) is 0 Å². The van der Waals surface area contributed by atoms with Crippen molar-refractivity contribution in [2.45, 2.75) is 6.92 Å². The summed E-state index contributed by atoms with van der Waals surface area (Å²) in [7, 11) is 1.60. The normalized spacial score (nSPS) is 10.6. The highest BCUT2D eigenvalue weighted by Gasteiger charge is 2.20. The van der Waals surface area contributed by atoms with Gasteiger partial charge in [-0.25, -0.2) is 4.79 Å². The first-order valence-electron chi connectivity index (χ1n) is 5.52. The van der Waals surface area contributed by atoms with Crippen LogP contribution in [-0.2, 0) is 11.8 Å². The van der Waals surface area contributed by atoms with E-state index in [1.165, 1.54) is 4.57 Å². The molecule has 0 aliphatic rings. The van der Waals surface area contributed by atoms with Crippen molar-refractivity contribution in [1.82, 2.24) is 4.57 Å². The molecule has 0 N–H and O–H groups in total. The molecule has 4 nitrogen and oxygen atoms in total. The van der Waals surface area contributed by atoms with Gasteiger partial charge in [0.1, 0.15) is 5.56 Å². The lowest BCUT2D eigenvalue weighted by Crippen LogP contribution is -2.26. The molecule has 0 aliphatic carbocycles. The van der Waals surface area contributed by atoms with E-state index in [4.69, 9.17) is 16.3 Å². The van der Waals surface area contributed by atoms with Gasteiger partial charge < -0.3 is 9.30 Å². The van der Waals surface area contributed by atoms with Crippen molar-refractivity contribution in [2.24, 2.45) is 7.05 Å². The molecule has 94 valence electrons. The van der Waals surface area contributed by atoms with E-state index in [-0.39, 0.29) is 17.2 Å². The number of benzene rings is 1. The first-order valence-corrected chi connectivity index (χ1v) is 5.90. The lowest BCUT2D eigenvalue weighted by atomic mass is 10.1. The number of ether oxygens (including phenoxy) is 1. The maximum atomic E-state index is 12.1. The van der Waals surface area contributed by atoms with E-state index < -0.39 is 11.5 Å². The average molecular weight is 266 g/mol. The molecule has 0 radical (unpaired) electrons. The highest BCUT2D eigenvalue weighted by molar-refractivity contribution is 6.38. The number of carbonyl (C=O) groups excluding carboxylic acids is 1. The van der Waals surface area contributed by atoms with Crippen molar-refractivity contribution in [3.8, 4) is 0 Å². The maximum Gasteiger partial charge on any atom is 0.345 e. The molecule has 0 fully saturated rings. The number of aromatic nitrogens is 1. The number of aryl methyl sites for hydroxylation is 1. The van der Waals surface area contributed by atoms with Gasteiger partial charge in [0.05, 0.1) is 17.1 Å². The molecule has 2 rings (SSSR count). The largest absolute Gasteiger partial charge is 0.462 e. The summed E-state index contributed by atoms with van der Waals surface area (Å²) in [6.45, 7) is 1.88. The first-order chi connectivity index (χ1) is 8.57. The van der Waals surface area contributed by atoms with Crippen molar-refractivity contribution in [3.05, 3.63) is 45.2 Å². The van der Waals surface area contributed by atoms with Crippen LogP contribution in [0.3, 0.4) is 0 Å². The van der Waals surface area contributed by atoms with Crippen molar-refractivity contribution in [1.29, 1.82) is 0 Å². The Morgan fingerprint density at radius 3 is 2.72 bits per heavy atom. The van der Waals surface area contributed by atoms with Gasteiger partial charge in [0.25, 0.3) is 5.56 Å². The van der Waals surface area contributed by atoms with Crippen LogP contribution in [0.25, 0.3) is 10.9 Å². The predicted molar refractivity (Wildman–Crippen MR) is 70.2 cm³/mol. The Morgan fingerprint density at radius 1 is 1.39 bits per heavy atom. The molecular weight excluding hydrogens is 254 g/mol. The minimum atomic E-state index is -0.686. The van der Waals surface area contributed by atoms with E-state index in [0.29, 0.717) is 10.9 Å². The molecule has 1 aromatic heterocycles. The molecule has 18 heavy (non-hydrogen) atoms. The Morgan fingerprint density at radius 2 is 2.06 bits per heavy atom. The van der Waals surface area contributed by atoms with E-state index in [0.717, 1.165) is 0 Å². The van der Waals surface area contributed by atoms with Crippen LogP contribution >= 0.6 is 11.6 Å². The molecule has 5 heteroatoms. The van der Waals surface area contributed by atoms with Crippen LogP contribution < -0.4 is 5.56 Å². The van der Waals surface area contributed by atoms with Crippen LogP contribution in [0, 0.1) is 0 Å². The molecule has 1 aromatic carbocycles. The van der Waals surface area contributed by atoms with E-state index in [9.17, 15) is 9.59 Å². The Balaban J connectivity index is 2.83. The maximum absolute atomic E-state index is 12.1. The number of fused-ring (bicyclic) bond motifs is 1. The molecule has 0 aliphatic heterocycles. The highest BCUT2D eigenvalue weighted by Crippen LogP contribution is 2.24. The summed E-state index contributed by atoms with van der Waals surface area (Å²) in [5, 5.41) is 0.802. The fourth-order valence-corrected chi connectivity index (χ4v) is 2.16. The fourth-order valence-electron chi connectivity index (χ4n) is 1.84. The molecule has 0 atom stereocenters. The number of hydrogen-bond acceptors (Lipinski definition) is 3. The number of carbonyl (C=O) groups is 1. The number of halogens is 1. The van der Waals surface area contributed by atoms with Gasteiger partial charge in [-0.1, -0.05) is 29.8 Å². The molecule has 0 saturated carbocycles. The van der Waals surface area contributed by atoms with Crippen LogP contribution in [-0.4, -0.2) is 17.1 Å². The van der Waals surface area contributed by atoms with Crippen LogP contribution in [0.5, 0.6) is 0 Å². The minimum absolute atomic E-state index is 0.111. The number of hydrogen-bond donors (Lipinski definition) is 0. The van der Waals surface area contributed by atoms with E-state index in [1.807, 2.05) is 6.07 Å². The van der Waals surface area contributed by atoms with Crippen molar-refractivity contribution in [2.75, 3.05) is 6.61 Å². The van der Waals surface area contributed by atoms with Crippen LogP contribution in [0.2, 0.25) is 5.02 Å². The fraction of sp³-hybridized carbons (Fsp3) is 0.231. The first kappa shape index (κ1) is 12.6. The number of rotatable bonds is 2. The number of esters is 1. The predicted octanol–water partition coefficient (Wildman–Crippen LogP) is 2.37. The molecule has 0 unspecified atom stereocenters. The average Bonchev–Trinajstić information content (AvgIpc) is 2.37. The summed E-state index contributed by atoms with van der Waals surface area (Å²) in [4.78, 5) is 23.9. The third-order valence-corrected chi connectivity index (χ3v) is 3.11. The SMILES string of the molecule is CCOC(=O)c1c(Cl)c2ccccc2n(C)c1=O. The number of pyridine rings is 1. The zero-order chi connectivity index (χ0) is 13.3. The second-order valence-electron chi connectivity index (χ2n) is 3.79. The zero-order valence-corrected chi connectivity index (χ0v) is 10.8. The van der Waals surface area contributed by atoms with Crippen LogP contribution in [0.15, 0.2) is 29.1 Å². The Hall–Kier alpha value is -1.81. The zero-order valence-electron chi connectivity index (χ0n) is 10.1. The Kier molecular flexibility index (Phi) is 3.39. The third-order valence-electron chi connectivity index (χ3n) is 2.72. The van der Waals surface area contributed by atoms with Crippen LogP contribution in [0.4, 0.5) is 0 Å². The standard InChI is InChI=1S/C13H12ClNO3/c1-3-18-13(17)10-11(14)8-6-4-5-7-9(8)15(2)12(10)16/h4-7H,3H2,1-2H3. The van der Waals surface area contributed by atoms with Gasteiger partial charge >= 0.3 is 5.97 Å². The smallest absolute Gasteiger partial charge is 0.345 e. The van der Waals surface area contributed by atoms with Crippen molar-refractivity contribution in [3.63, 3.8) is 0 Å². The topological polar surface area (TPSA) is 48.3 Å². The van der Waals surface area contributed by atoms with Crippen molar-refractivity contribution < 1.29 is 9.53 Å². The minimum Gasteiger partial charge on any atom is -0.462 e. The highest BCUT2D eigenvalue weighted by atomic mass is 35.5. The van der Waals surface area contributed by atoms with E-state index in [2.05, 4.69) is 0 Å². The summed E-state index contributed by atoms with van der Waals surface area (Å²) in [6, 6.07) is 7.15. The molecular formula is C13H12ClNO3. The summed E-state index contributed by atoms with van der Waals surface area (Å²) >= 11 is 6.14. The van der Waals surface area contributed by atoms with Gasteiger partial charge in [-0.2, -0.15) is 0 Å². The summed E-state index contributed by atoms with van der Waals surface area (Å²) in [5.41, 5.74) is 0.123. The van der Waals surface area contributed by atoms with Crippen LogP contribution in [0.1, 0.15) is 17.3 Å². The molecule has 0 bridgehead atoms. The summed E-state index contributed by atoms with van der Waals surface area (Å²) in [6.07, 6.45) is 0. The molecule has 2 aromatic rings. The quantitative estimate of drug-likeness (QED) is 0.783. The number of nitrogens with zero attached hydrogens (tertiary/aromatic N) is 1. The van der Waals surface area contributed by atoms with E-state index in [1.54, 1.807) is 32.2 Å². The van der Waals surface area contributed by atoms with E-state index >= 15 is 0 Å². The molecule has 0 spiro atoms. The summed E-state index contributed by atoms with van der Waals surface area (Å²) in [5.74, 6) is -0.686. The third kappa shape index (κ3) is 1.88. The van der Waals surface area contributed by atoms with Gasteiger partial charge in [-0.05, 0) is 13.0 Å². The van der Waals surface area contributed by atoms with Gasteiger partial charge in [-0.15, -0.1) is 0 Å². The Bertz CT molecular complexity index is 676. The van der Waals surface area contributed by atoms with Gasteiger partial charge in [0, 0.05) is 12.4 Å². The lowest BCUT2D eigenvalue weighted by molar-refractivity contribution is 0.0524. The second kappa shape index (κ2) is 4.82. The molecule has 1 heterocycles. The molecule has 0 amide bonds. The molecule has 0 saturated heterocycles.